The van der Waals surface area contributed by atoms with Gasteiger partial charge >= 0.3 is 0 Å². The van der Waals surface area contributed by atoms with Crippen molar-refractivity contribution in [3.8, 4) is 0 Å². The van der Waals surface area contributed by atoms with Crippen molar-refractivity contribution in [2.75, 3.05) is 11.5 Å². The summed E-state index contributed by atoms with van der Waals surface area (Å²) in [5, 5.41) is 0. The third-order valence-corrected chi connectivity index (χ3v) is 5.04. The standard InChI is InChI=1S/C12H20S2/c1-10(2)5-4-6-11(3)9-12-13-7-8-14-12/h5,9,12H,4,6-8H2,1-3H3. The Labute approximate surface area is 96.6 Å². The quantitative estimate of drug-likeness (QED) is 0.650. The Morgan fingerprint density at radius 2 is 1.86 bits per heavy atom. The topological polar surface area (TPSA) is 0 Å². The Morgan fingerprint density at radius 1 is 1.21 bits per heavy atom. The average Bonchev–Trinajstić information content (AvgIpc) is 2.56. The molecule has 0 atom stereocenters. The first kappa shape index (κ1) is 12.3. The summed E-state index contributed by atoms with van der Waals surface area (Å²) in [6, 6.07) is 0. The predicted octanol–water partition coefficient (Wildman–Crippen LogP) is 4.49. The van der Waals surface area contributed by atoms with E-state index < -0.39 is 0 Å². The molecule has 1 saturated heterocycles. The van der Waals surface area contributed by atoms with Crippen LogP contribution in [0.1, 0.15) is 33.6 Å². The van der Waals surface area contributed by atoms with Crippen LogP contribution in [0.15, 0.2) is 23.3 Å². The first-order valence-electron chi connectivity index (χ1n) is 5.22. The fourth-order valence-electron chi connectivity index (χ4n) is 1.38. The molecule has 0 saturated carbocycles. The van der Waals surface area contributed by atoms with Crippen LogP contribution >= 0.6 is 23.5 Å². The van der Waals surface area contributed by atoms with E-state index in [2.05, 4.69) is 56.4 Å². The van der Waals surface area contributed by atoms with Crippen LogP contribution in [0.25, 0.3) is 0 Å². The van der Waals surface area contributed by atoms with Gasteiger partial charge in [-0.05, 0) is 33.6 Å². The number of allylic oxidation sites excluding steroid dienone is 3. The van der Waals surface area contributed by atoms with Crippen LogP contribution in [-0.2, 0) is 0 Å². The number of hydrogen-bond donors (Lipinski definition) is 0. The van der Waals surface area contributed by atoms with Gasteiger partial charge in [-0.3, -0.25) is 0 Å². The molecule has 0 aliphatic carbocycles. The summed E-state index contributed by atoms with van der Waals surface area (Å²) < 4.78 is 0.738. The summed E-state index contributed by atoms with van der Waals surface area (Å²) in [6.07, 6.45) is 7.20. The highest BCUT2D eigenvalue weighted by atomic mass is 32.2. The SMILES string of the molecule is CC(C)=CCCC(C)=CC1SCCS1. The lowest BCUT2D eigenvalue weighted by Crippen LogP contribution is -1.87. The maximum Gasteiger partial charge on any atom is 0.0685 e. The monoisotopic (exact) mass is 228 g/mol. The van der Waals surface area contributed by atoms with Crippen molar-refractivity contribution >= 4 is 23.5 Å². The van der Waals surface area contributed by atoms with Crippen LogP contribution in [-0.4, -0.2) is 16.1 Å². The molecule has 2 heteroatoms. The van der Waals surface area contributed by atoms with Crippen LogP contribution in [0.4, 0.5) is 0 Å². The third-order valence-electron chi connectivity index (χ3n) is 2.16. The minimum Gasteiger partial charge on any atom is -0.143 e. The molecule has 1 aliphatic rings. The van der Waals surface area contributed by atoms with E-state index in [4.69, 9.17) is 0 Å². The van der Waals surface area contributed by atoms with Gasteiger partial charge in [-0.2, -0.15) is 0 Å². The maximum absolute atomic E-state index is 2.45. The largest absolute Gasteiger partial charge is 0.143 e. The van der Waals surface area contributed by atoms with E-state index in [0.29, 0.717) is 0 Å². The van der Waals surface area contributed by atoms with Gasteiger partial charge in [0.05, 0.1) is 4.58 Å². The molecule has 1 fully saturated rings. The smallest absolute Gasteiger partial charge is 0.0685 e. The van der Waals surface area contributed by atoms with Gasteiger partial charge in [0.15, 0.2) is 0 Å². The van der Waals surface area contributed by atoms with Gasteiger partial charge in [-0.15, -0.1) is 23.5 Å². The van der Waals surface area contributed by atoms with Crippen molar-refractivity contribution in [1.29, 1.82) is 0 Å². The first-order valence-corrected chi connectivity index (χ1v) is 7.32. The summed E-state index contributed by atoms with van der Waals surface area (Å²) in [5.41, 5.74) is 2.98. The van der Waals surface area contributed by atoms with E-state index >= 15 is 0 Å². The molecular formula is C12H20S2. The van der Waals surface area contributed by atoms with Crippen LogP contribution < -0.4 is 0 Å². The minimum absolute atomic E-state index is 0.738. The van der Waals surface area contributed by atoms with E-state index in [9.17, 15) is 0 Å². The van der Waals surface area contributed by atoms with Gasteiger partial charge in [0.25, 0.3) is 0 Å². The molecule has 0 spiro atoms. The molecule has 0 bridgehead atoms. The van der Waals surface area contributed by atoms with E-state index in [1.165, 1.54) is 29.9 Å². The van der Waals surface area contributed by atoms with Crippen molar-refractivity contribution in [2.45, 2.75) is 38.2 Å². The molecule has 1 rings (SSSR count). The zero-order valence-corrected chi connectivity index (χ0v) is 11.0. The zero-order valence-electron chi connectivity index (χ0n) is 9.38. The zero-order chi connectivity index (χ0) is 10.4. The molecule has 80 valence electrons. The molecule has 0 aromatic rings. The molecular weight excluding hydrogens is 208 g/mol. The highest BCUT2D eigenvalue weighted by Crippen LogP contribution is 2.33. The molecule has 1 aliphatic heterocycles. The summed E-state index contributed by atoms with van der Waals surface area (Å²) in [7, 11) is 0. The maximum atomic E-state index is 2.45. The number of rotatable bonds is 4. The van der Waals surface area contributed by atoms with Crippen molar-refractivity contribution in [1.82, 2.24) is 0 Å². The fourth-order valence-corrected chi connectivity index (χ4v) is 4.23. The van der Waals surface area contributed by atoms with Gasteiger partial charge in [-0.1, -0.05) is 23.3 Å². The summed E-state index contributed by atoms with van der Waals surface area (Å²) in [5.74, 6) is 2.65. The average molecular weight is 228 g/mol. The highest BCUT2D eigenvalue weighted by molar-refractivity contribution is 8.20. The van der Waals surface area contributed by atoms with E-state index in [0.717, 1.165) is 4.58 Å². The van der Waals surface area contributed by atoms with Gasteiger partial charge in [0.2, 0.25) is 0 Å². The van der Waals surface area contributed by atoms with Crippen molar-refractivity contribution in [2.24, 2.45) is 0 Å². The van der Waals surface area contributed by atoms with Crippen molar-refractivity contribution in [3.05, 3.63) is 23.3 Å². The lowest BCUT2D eigenvalue weighted by Gasteiger charge is -2.04. The van der Waals surface area contributed by atoms with Crippen molar-refractivity contribution in [3.63, 3.8) is 0 Å². The second-order valence-electron chi connectivity index (χ2n) is 3.94. The fraction of sp³-hybridized carbons (Fsp3) is 0.667. The molecule has 0 radical (unpaired) electrons. The predicted molar refractivity (Wildman–Crippen MR) is 71.1 cm³/mol. The molecule has 0 unspecified atom stereocenters. The van der Waals surface area contributed by atoms with E-state index in [1.54, 1.807) is 5.57 Å². The van der Waals surface area contributed by atoms with Gasteiger partial charge in [0.1, 0.15) is 0 Å². The van der Waals surface area contributed by atoms with E-state index in [1.807, 2.05) is 0 Å². The van der Waals surface area contributed by atoms with Gasteiger partial charge in [0, 0.05) is 11.5 Å². The first-order chi connectivity index (χ1) is 6.68. The molecule has 0 nitrogen and oxygen atoms in total. The summed E-state index contributed by atoms with van der Waals surface area (Å²) in [6.45, 7) is 6.60. The lowest BCUT2D eigenvalue weighted by molar-refractivity contribution is 0.963. The van der Waals surface area contributed by atoms with Crippen LogP contribution in [0.3, 0.4) is 0 Å². The summed E-state index contributed by atoms with van der Waals surface area (Å²) in [4.78, 5) is 0. The second kappa shape index (κ2) is 6.62. The highest BCUT2D eigenvalue weighted by Gasteiger charge is 2.12. The van der Waals surface area contributed by atoms with Gasteiger partial charge < -0.3 is 0 Å². The second-order valence-corrected chi connectivity index (χ2v) is 6.74. The Bertz CT molecular complexity index is 218. The third kappa shape index (κ3) is 5.16. The normalized spacial score (nSPS) is 18.6. The summed E-state index contributed by atoms with van der Waals surface area (Å²) >= 11 is 4.16. The lowest BCUT2D eigenvalue weighted by atomic mass is 10.1. The van der Waals surface area contributed by atoms with Crippen LogP contribution in [0, 0.1) is 0 Å². The van der Waals surface area contributed by atoms with E-state index in [-0.39, 0.29) is 0 Å². The molecule has 1 heterocycles. The molecule has 0 N–H and O–H groups in total. The molecule has 0 aromatic carbocycles. The number of hydrogen-bond acceptors (Lipinski definition) is 2. The van der Waals surface area contributed by atoms with Crippen LogP contribution in [0.5, 0.6) is 0 Å². The minimum atomic E-state index is 0.738. The Morgan fingerprint density at radius 3 is 2.43 bits per heavy atom. The molecule has 14 heavy (non-hydrogen) atoms. The molecule has 0 amide bonds. The Balaban J connectivity index is 2.26. The Kier molecular flexibility index (Phi) is 5.80. The van der Waals surface area contributed by atoms with Crippen LogP contribution in [0.2, 0.25) is 0 Å². The van der Waals surface area contributed by atoms with Gasteiger partial charge in [-0.25, -0.2) is 0 Å². The van der Waals surface area contributed by atoms with Crippen molar-refractivity contribution < 1.29 is 0 Å². The molecule has 0 aromatic heterocycles. The Hall–Kier alpha value is 0.180. The number of thioether (sulfide) groups is 2.